The molecule has 3 heteroatoms. The summed E-state index contributed by atoms with van der Waals surface area (Å²) in [6.45, 7) is 2.13. The standard InChI is InChI=1S/C15H18N.C5H5.2Li/c1-12-8-10-14(11-9-12)15(16(2)3)13-6-4-5-7-13;1-2-4-5-3-1;;/h4-11,15H,1-3H3;1-5H;;/q-5;-1;2*+1/p+1. The van der Waals surface area contributed by atoms with Crippen LogP contribution < -0.4 is 42.6 Å². The Balaban J connectivity index is 0.000000595. The van der Waals surface area contributed by atoms with Crippen molar-refractivity contribution in [3.8, 4) is 0 Å². The van der Waals surface area contributed by atoms with Gasteiger partial charge >= 0.3 is 37.7 Å². The van der Waals surface area contributed by atoms with Gasteiger partial charge in [0.25, 0.3) is 0 Å². The summed E-state index contributed by atoms with van der Waals surface area (Å²) >= 11 is 0. The molecule has 23 heavy (non-hydrogen) atoms. The Morgan fingerprint density at radius 2 is 1.43 bits per heavy atom. The predicted octanol–water partition coefficient (Wildman–Crippen LogP) is -2.64. The normalized spacial score (nSPS) is 10.8. The molecule has 0 fully saturated rings. The minimum atomic E-state index is 0. The summed E-state index contributed by atoms with van der Waals surface area (Å²) in [5.41, 5.74) is 4.10. The Morgan fingerprint density at radius 1 is 0.913 bits per heavy atom. The number of nitrogens with one attached hydrogen (secondary N) is 1. The van der Waals surface area contributed by atoms with Gasteiger partial charge in [0.15, 0.2) is 0 Å². The summed E-state index contributed by atoms with van der Waals surface area (Å²) in [5.74, 6) is 0. The molecule has 3 aromatic carbocycles. The van der Waals surface area contributed by atoms with E-state index in [4.69, 9.17) is 0 Å². The van der Waals surface area contributed by atoms with Crippen LogP contribution in [0.25, 0.3) is 0 Å². The van der Waals surface area contributed by atoms with Crippen molar-refractivity contribution >= 4 is 0 Å². The fourth-order valence-corrected chi connectivity index (χ4v) is 2.52. The number of hydrogen-bond acceptors (Lipinski definition) is 0. The van der Waals surface area contributed by atoms with Crippen molar-refractivity contribution in [1.29, 1.82) is 0 Å². The summed E-state index contributed by atoms with van der Waals surface area (Å²) in [5, 5.41) is 0. The van der Waals surface area contributed by atoms with Crippen LogP contribution in [0.3, 0.4) is 0 Å². The molecule has 0 spiro atoms. The number of aryl methyl sites for hydroxylation is 1. The van der Waals surface area contributed by atoms with Crippen LogP contribution in [0.1, 0.15) is 22.7 Å². The number of benzene rings is 1. The van der Waals surface area contributed by atoms with Crippen LogP contribution >= 0.6 is 0 Å². The van der Waals surface area contributed by atoms with E-state index < -0.39 is 0 Å². The Bertz CT molecular complexity index is 578. The Kier molecular flexibility index (Phi) is 11.1. The molecule has 0 heterocycles. The number of hydrogen-bond donors (Lipinski definition) is 1. The van der Waals surface area contributed by atoms with Gasteiger partial charge in [-0.1, -0.05) is 29.8 Å². The Labute approximate surface area is 164 Å². The molecule has 0 aliphatic rings. The maximum Gasteiger partial charge on any atom is 1.00 e. The first-order chi connectivity index (χ1) is 10.2. The Morgan fingerprint density at radius 3 is 1.83 bits per heavy atom. The van der Waals surface area contributed by atoms with Crippen molar-refractivity contribution < 1.29 is 42.6 Å². The zero-order chi connectivity index (χ0) is 15.1. The molecule has 0 bridgehead atoms. The summed E-state index contributed by atoms with van der Waals surface area (Å²) in [4.78, 5) is 1.44. The van der Waals surface area contributed by atoms with Crippen LogP contribution in [0, 0.1) is 6.92 Å². The molecule has 0 radical (unpaired) electrons. The average molecular weight is 292 g/mol. The van der Waals surface area contributed by atoms with E-state index in [0.29, 0.717) is 6.04 Å². The number of quaternary nitrogens is 1. The van der Waals surface area contributed by atoms with E-state index in [2.05, 4.69) is 69.6 Å². The first kappa shape index (κ1) is 22.1. The zero-order valence-corrected chi connectivity index (χ0v) is 15.1. The van der Waals surface area contributed by atoms with Crippen molar-refractivity contribution in [3.05, 3.63) is 95.6 Å². The summed E-state index contributed by atoms with van der Waals surface area (Å²) in [7, 11) is 4.41. The van der Waals surface area contributed by atoms with Crippen molar-refractivity contribution in [2.45, 2.75) is 13.0 Å². The van der Waals surface area contributed by atoms with Crippen LogP contribution in [0.5, 0.6) is 0 Å². The minimum Gasteiger partial charge on any atom is -0.747 e. The van der Waals surface area contributed by atoms with E-state index in [1.807, 2.05) is 30.3 Å². The predicted molar refractivity (Wildman–Crippen MR) is 89.9 cm³/mol. The van der Waals surface area contributed by atoms with E-state index in [0.717, 1.165) is 0 Å². The first-order valence-corrected chi connectivity index (χ1v) is 7.43. The minimum absolute atomic E-state index is 0. The van der Waals surface area contributed by atoms with Gasteiger partial charge in [-0.25, -0.2) is 12.1 Å². The smallest absolute Gasteiger partial charge is 0.747 e. The number of rotatable bonds is 3. The third-order valence-corrected chi connectivity index (χ3v) is 3.57. The average Bonchev–Trinajstić information content (AvgIpc) is 3.16. The van der Waals surface area contributed by atoms with Gasteiger partial charge in [0.1, 0.15) is 0 Å². The van der Waals surface area contributed by atoms with Crippen LogP contribution in [-0.4, -0.2) is 14.1 Å². The van der Waals surface area contributed by atoms with Gasteiger partial charge in [-0.2, -0.15) is 18.2 Å². The van der Waals surface area contributed by atoms with Crippen molar-refractivity contribution in [1.82, 2.24) is 0 Å². The van der Waals surface area contributed by atoms with Gasteiger partial charge in [-0.3, -0.25) is 0 Å². The first-order valence-electron chi connectivity index (χ1n) is 7.43. The van der Waals surface area contributed by atoms with E-state index in [1.165, 1.54) is 21.6 Å². The largest absolute Gasteiger partial charge is 1.00 e. The molecule has 0 aromatic heterocycles. The van der Waals surface area contributed by atoms with Crippen LogP contribution in [0.2, 0.25) is 0 Å². The van der Waals surface area contributed by atoms with Gasteiger partial charge < -0.3 is 34.7 Å². The van der Waals surface area contributed by atoms with E-state index in [-0.39, 0.29) is 37.7 Å². The topological polar surface area (TPSA) is 4.44 Å². The molecular formula is C20H24Li2N-3. The monoisotopic (exact) mass is 292 g/mol. The maximum absolute atomic E-state index is 2.24. The van der Waals surface area contributed by atoms with Gasteiger partial charge in [0.05, 0.1) is 14.1 Å². The van der Waals surface area contributed by atoms with Crippen molar-refractivity contribution in [2.24, 2.45) is 0 Å². The molecule has 0 saturated carbocycles. The molecule has 1 unspecified atom stereocenters. The molecular weight excluding hydrogens is 268 g/mol. The molecule has 3 aromatic rings. The molecule has 3 rings (SSSR count). The van der Waals surface area contributed by atoms with Crippen LogP contribution in [0.4, 0.5) is 0 Å². The van der Waals surface area contributed by atoms with Gasteiger partial charge in [0.2, 0.25) is 0 Å². The third kappa shape index (κ3) is 7.01. The van der Waals surface area contributed by atoms with Crippen molar-refractivity contribution in [2.75, 3.05) is 14.1 Å². The fourth-order valence-electron chi connectivity index (χ4n) is 2.52. The molecule has 1 N–H and O–H groups in total. The van der Waals surface area contributed by atoms with Gasteiger partial charge in [-0.15, -0.1) is 0 Å². The van der Waals surface area contributed by atoms with E-state index in [1.54, 1.807) is 0 Å². The Hall–Kier alpha value is -0.925. The maximum atomic E-state index is 2.24. The molecule has 1 nitrogen and oxygen atoms in total. The SMILES string of the molecule is Cc1ccc(C([c-]2[cH-][cH-][cH-][cH-]2)[NH+](C)C)cc1.[Li+].[Li+].c1cc[cH-]c1. The molecule has 0 aliphatic carbocycles. The molecule has 114 valence electrons. The van der Waals surface area contributed by atoms with E-state index >= 15 is 0 Å². The summed E-state index contributed by atoms with van der Waals surface area (Å²) < 4.78 is 0. The molecule has 0 saturated heterocycles. The summed E-state index contributed by atoms with van der Waals surface area (Å²) in [6.07, 6.45) is 0. The second-order valence-corrected chi connectivity index (χ2v) is 5.60. The van der Waals surface area contributed by atoms with Crippen LogP contribution in [-0.2, 0) is 0 Å². The second kappa shape index (κ2) is 11.6. The fraction of sp³-hybridized carbons (Fsp3) is 0.200. The zero-order valence-electron chi connectivity index (χ0n) is 15.1. The molecule has 1 atom stereocenters. The third-order valence-electron chi connectivity index (χ3n) is 3.57. The van der Waals surface area contributed by atoms with Gasteiger partial charge in [0, 0.05) is 0 Å². The molecule has 0 amide bonds. The second-order valence-electron chi connectivity index (χ2n) is 5.60. The summed E-state index contributed by atoms with van der Waals surface area (Å²) in [6, 6.07) is 27.9. The van der Waals surface area contributed by atoms with Crippen LogP contribution in [0.15, 0.2) is 78.9 Å². The van der Waals surface area contributed by atoms with Crippen molar-refractivity contribution in [3.63, 3.8) is 0 Å². The van der Waals surface area contributed by atoms with E-state index in [9.17, 15) is 0 Å². The van der Waals surface area contributed by atoms with Gasteiger partial charge in [-0.05, 0) is 18.5 Å². The quantitative estimate of drug-likeness (QED) is 0.398. The molecule has 0 aliphatic heterocycles.